The molecule has 1 aromatic heterocycles. The second kappa shape index (κ2) is 5.79. The molecule has 0 N–H and O–H groups in total. The zero-order chi connectivity index (χ0) is 14.7. The van der Waals surface area contributed by atoms with Crippen molar-refractivity contribution in [1.82, 2.24) is 4.90 Å². The van der Waals surface area contributed by atoms with Crippen LogP contribution in [0.2, 0.25) is 0 Å². The van der Waals surface area contributed by atoms with Gasteiger partial charge in [-0.05, 0) is 17.5 Å². The summed E-state index contributed by atoms with van der Waals surface area (Å²) >= 11 is 1.48. The molecule has 0 aliphatic heterocycles. The standard InChI is InChI=1S/C13H11FN2O3S/c1-15(8-10-3-2-6-20-10)13(17)11-7-9(16(18)19)4-5-12(11)14/h2-7H,8H2,1H3. The normalized spacial score (nSPS) is 10.3. The number of rotatable bonds is 4. The van der Waals surface area contributed by atoms with Gasteiger partial charge >= 0.3 is 0 Å². The number of nitro groups is 1. The van der Waals surface area contributed by atoms with Gasteiger partial charge in [0.2, 0.25) is 0 Å². The number of nitrogens with zero attached hydrogens (tertiary/aromatic N) is 2. The van der Waals surface area contributed by atoms with Crippen LogP contribution in [0, 0.1) is 15.9 Å². The predicted molar refractivity (Wildman–Crippen MR) is 73.2 cm³/mol. The zero-order valence-corrected chi connectivity index (χ0v) is 11.4. The van der Waals surface area contributed by atoms with Gasteiger partial charge in [0.1, 0.15) is 5.82 Å². The van der Waals surface area contributed by atoms with Gasteiger partial charge in [0, 0.05) is 24.1 Å². The predicted octanol–water partition coefficient (Wildman–Crippen LogP) is 3.07. The second-order valence-corrected chi connectivity index (χ2v) is 5.19. The monoisotopic (exact) mass is 294 g/mol. The maximum atomic E-state index is 13.7. The minimum atomic E-state index is -0.765. The maximum Gasteiger partial charge on any atom is 0.270 e. The Balaban J connectivity index is 2.23. The number of non-ortho nitro benzene ring substituents is 1. The fourth-order valence-corrected chi connectivity index (χ4v) is 2.46. The summed E-state index contributed by atoms with van der Waals surface area (Å²) in [7, 11) is 1.53. The van der Waals surface area contributed by atoms with Crippen LogP contribution in [0.15, 0.2) is 35.7 Å². The summed E-state index contributed by atoms with van der Waals surface area (Å²) in [6.07, 6.45) is 0. The summed E-state index contributed by atoms with van der Waals surface area (Å²) in [5.74, 6) is -1.35. The van der Waals surface area contributed by atoms with E-state index in [9.17, 15) is 19.3 Å². The number of hydrogen-bond acceptors (Lipinski definition) is 4. The molecular formula is C13H11FN2O3S. The third-order valence-corrected chi connectivity index (χ3v) is 3.57. The number of thiophene rings is 1. The molecule has 0 aliphatic carbocycles. The number of hydrogen-bond donors (Lipinski definition) is 0. The lowest BCUT2D eigenvalue weighted by molar-refractivity contribution is -0.384. The van der Waals surface area contributed by atoms with Crippen molar-refractivity contribution < 1.29 is 14.1 Å². The van der Waals surface area contributed by atoms with E-state index >= 15 is 0 Å². The summed E-state index contributed by atoms with van der Waals surface area (Å²) in [4.78, 5) is 24.4. The van der Waals surface area contributed by atoms with Crippen molar-refractivity contribution in [3.63, 3.8) is 0 Å². The van der Waals surface area contributed by atoms with E-state index in [-0.39, 0.29) is 11.3 Å². The molecule has 0 spiro atoms. The van der Waals surface area contributed by atoms with E-state index in [0.29, 0.717) is 6.54 Å². The molecular weight excluding hydrogens is 283 g/mol. The van der Waals surface area contributed by atoms with E-state index < -0.39 is 16.6 Å². The molecule has 0 atom stereocenters. The van der Waals surface area contributed by atoms with Gasteiger partial charge in [-0.15, -0.1) is 11.3 Å². The number of amides is 1. The molecule has 0 saturated heterocycles. The highest BCUT2D eigenvalue weighted by Gasteiger charge is 2.20. The average molecular weight is 294 g/mol. The Hall–Kier alpha value is -2.28. The Kier molecular flexibility index (Phi) is 4.09. The molecule has 104 valence electrons. The molecule has 2 rings (SSSR count). The molecule has 0 bridgehead atoms. The number of benzene rings is 1. The second-order valence-electron chi connectivity index (χ2n) is 4.16. The van der Waals surface area contributed by atoms with Crippen molar-refractivity contribution >= 4 is 22.9 Å². The zero-order valence-electron chi connectivity index (χ0n) is 10.6. The van der Waals surface area contributed by atoms with Crippen LogP contribution < -0.4 is 0 Å². The van der Waals surface area contributed by atoms with Gasteiger partial charge in [0.15, 0.2) is 0 Å². The fourth-order valence-electron chi connectivity index (χ4n) is 1.70. The molecule has 7 heteroatoms. The topological polar surface area (TPSA) is 63.5 Å². The maximum absolute atomic E-state index is 13.7. The third kappa shape index (κ3) is 3.00. The van der Waals surface area contributed by atoms with Gasteiger partial charge in [0.05, 0.1) is 17.0 Å². The summed E-state index contributed by atoms with van der Waals surface area (Å²) in [5.41, 5.74) is -0.600. The molecule has 0 unspecified atom stereocenters. The fraction of sp³-hybridized carbons (Fsp3) is 0.154. The van der Waals surface area contributed by atoms with Crippen LogP contribution in [-0.2, 0) is 6.54 Å². The first-order chi connectivity index (χ1) is 9.49. The van der Waals surface area contributed by atoms with E-state index in [1.54, 1.807) is 0 Å². The van der Waals surface area contributed by atoms with Crippen molar-refractivity contribution in [2.75, 3.05) is 7.05 Å². The van der Waals surface area contributed by atoms with Gasteiger partial charge in [-0.25, -0.2) is 4.39 Å². The Labute approximate surface area is 118 Å². The molecule has 1 aromatic carbocycles. The van der Waals surface area contributed by atoms with Crippen LogP contribution in [-0.4, -0.2) is 22.8 Å². The molecule has 0 radical (unpaired) electrons. The largest absolute Gasteiger partial charge is 0.336 e. The molecule has 1 heterocycles. The van der Waals surface area contributed by atoms with Crippen molar-refractivity contribution in [3.8, 4) is 0 Å². The van der Waals surface area contributed by atoms with E-state index in [1.165, 1.54) is 23.3 Å². The SMILES string of the molecule is CN(Cc1cccs1)C(=O)c1cc([N+](=O)[O-])ccc1F. The lowest BCUT2D eigenvalue weighted by Crippen LogP contribution is -2.26. The Morgan fingerprint density at radius 2 is 2.20 bits per heavy atom. The molecule has 5 nitrogen and oxygen atoms in total. The lowest BCUT2D eigenvalue weighted by Gasteiger charge is -2.16. The Morgan fingerprint density at radius 3 is 2.80 bits per heavy atom. The van der Waals surface area contributed by atoms with E-state index in [1.807, 2.05) is 17.5 Å². The van der Waals surface area contributed by atoms with Gasteiger partial charge in [-0.3, -0.25) is 14.9 Å². The van der Waals surface area contributed by atoms with E-state index in [2.05, 4.69) is 0 Å². The molecule has 0 fully saturated rings. The van der Waals surface area contributed by atoms with Gasteiger partial charge < -0.3 is 4.90 Å². The first-order valence-electron chi connectivity index (χ1n) is 5.71. The third-order valence-electron chi connectivity index (χ3n) is 2.71. The minimum absolute atomic E-state index is 0.293. The Morgan fingerprint density at radius 1 is 1.45 bits per heavy atom. The van der Waals surface area contributed by atoms with Crippen LogP contribution >= 0.6 is 11.3 Å². The van der Waals surface area contributed by atoms with E-state index in [0.717, 1.165) is 23.1 Å². The van der Waals surface area contributed by atoms with Crippen LogP contribution in [0.3, 0.4) is 0 Å². The lowest BCUT2D eigenvalue weighted by atomic mass is 10.1. The van der Waals surface area contributed by atoms with Crippen LogP contribution in [0.1, 0.15) is 15.2 Å². The van der Waals surface area contributed by atoms with Gasteiger partial charge in [-0.2, -0.15) is 0 Å². The summed E-state index contributed by atoms with van der Waals surface area (Å²) in [5, 5.41) is 12.5. The van der Waals surface area contributed by atoms with Crippen LogP contribution in [0.4, 0.5) is 10.1 Å². The van der Waals surface area contributed by atoms with Gasteiger partial charge in [-0.1, -0.05) is 6.07 Å². The quantitative estimate of drug-likeness (QED) is 0.643. The molecule has 0 saturated carbocycles. The molecule has 20 heavy (non-hydrogen) atoms. The number of carbonyl (C=O) groups is 1. The van der Waals surface area contributed by atoms with Crippen LogP contribution in [0.5, 0.6) is 0 Å². The van der Waals surface area contributed by atoms with Crippen molar-refractivity contribution in [1.29, 1.82) is 0 Å². The Bertz CT molecular complexity index is 643. The number of carbonyl (C=O) groups excluding carboxylic acids is 1. The van der Waals surface area contributed by atoms with Gasteiger partial charge in [0.25, 0.3) is 11.6 Å². The molecule has 1 amide bonds. The van der Waals surface area contributed by atoms with Crippen molar-refractivity contribution in [2.24, 2.45) is 0 Å². The first kappa shape index (κ1) is 14.1. The highest BCUT2D eigenvalue weighted by Crippen LogP contribution is 2.19. The average Bonchev–Trinajstić information content (AvgIpc) is 2.91. The number of nitro benzene ring substituents is 1. The van der Waals surface area contributed by atoms with Crippen molar-refractivity contribution in [3.05, 3.63) is 62.1 Å². The summed E-state index contributed by atoms with van der Waals surface area (Å²) < 4.78 is 13.7. The highest BCUT2D eigenvalue weighted by atomic mass is 32.1. The smallest absolute Gasteiger partial charge is 0.270 e. The molecule has 0 aliphatic rings. The first-order valence-corrected chi connectivity index (χ1v) is 6.59. The van der Waals surface area contributed by atoms with E-state index in [4.69, 9.17) is 0 Å². The van der Waals surface area contributed by atoms with Crippen LogP contribution in [0.25, 0.3) is 0 Å². The minimum Gasteiger partial charge on any atom is -0.336 e. The summed E-state index contributed by atoms with van der Waals surface area (Å²) in [6, 6.07) is 6.64. The molecule has 2 aromatic rings. The van der Waals surface area contributed by atoms with Crippen molar-refractivity contribution in [2.45, 2.75) is 6.54 Å². The highest BCUT2D eigenvalue weighted by molar-refractivity contribution is 7.09. The number of halogens is 1. The summed E-state index contributed by atoms with van der Waals surface area (Å²) in [6.45, 7) is 0.332.